The van der Waals surface area contributed by atoms with E-state index in [0.29, 0.717) is 44.1 Å². The van der Waals surface area contributed by atoms with Crippen molar-refractivity contribution in [1.82, 2.24) is 9.80 Å². The van der Waals surface area contributed by atoms with Crippen LogP contribution in [0.2, 0.25) is 0 Å². The zero-order valence-electron chi connectivity index (χ0n) is 19.5. The topological polar surface area (TPSA) is 49.9 Å². The van der Waals surface area contributed by atoms with Gasteiger partial charge in [-0.3, -0.25) is 14.5 Å². The monoisotopic (exact) mass is 426 g/mol. The minimum atomic E-state index is -0.138. The predicted molar refractivity (Wildman–Crippen MR) is 125 cm³/mol. The molecule has 0 N–H and O–H groups in total. The third-order valence-electron chi connectivity index (χ3n) is 6.36. The Balaban J connectivity index is 1.71. The molecule has 2 aliphatic rings. The molecule has 0 spiro atoms. The smallest absolute Gasteiger partial charge is 0.277 e. The highest BCUT2D eigenvalue weighted by Crippen LogP contribution is 2.34. The SMILES string of the molecule is CCCCCCCCCCN1C(=O)C(c2ccc(C)cc2C)=C(N2CCOCC2)C1=O. The normalized spacial score (nSPS) is 17.3. The molecule has 0 aliphatic carbocycles. The number of rotatable bonds is 11. The van der Waals surface area contributed by atoms with Crippen molar-refractivity contribution in [1.29, 1.82) is 0 Å². The van der Waals surface area contributed by atoms with Gasteiger partial charge in [0.15, 0.2) is 0 Å². The zero-order chi connectivity index (χ0) is 22.2. The molecule has 0 atom stereocenters. The van der Waals surface area contributed by atoms with Crippen molar-refractivity contribution in [2.24, 2.45) is 0 Å². The predicted octanol–water partition coefficient (Wildman–Crippen LogP) is 4.86. The minimum Gasteiger partial charge on any atom is -0.378 e. The molecule has 0 saturated carbocycles. The van der Waals surface area contributed by atoms with E-state index < -0.39 is 0 Å². The Morgan fingerprint density at radius 1 is 0.871 bits per heavy atom. The molecule has 0 unspecified atom stereocenters. The number of amides is 2. The second-order valence-corrected chi connectivity index (χ2v) is 8.88. The third kappa shape index (κ3) is 5.76. The summed E-state index contributed by atoms with van der Waals surface area (Å²) in [6.07, 6.45) is 9.53. The fourth-order valence-electron chi connectivity index (χ4n) is 4.59. The second-order valence-electron chi connectivity index (χ2n) is 8.88. The van der Waals surface area contributed by atoms with Gasteiger partial charge in [-0.1, -0.05) is 75.6 Å². The first-order valence-electron chi connectivity index (χ1n) is 12.1. The molecule has 1 saturated heterocycles. The van der Waals surface area contributed by atoms with E-state index >= 15 is 0 Å². The van der Waals surface area contributed by atoms with Crippen LogP contribution < -0.4 is 0 Å². The minimum absolute atomic E-state index is 0.134. The molecule has 2 heterocycles. The maximum atomic E-state index is 13.4. The van der Waals surface area contributed by atoms with Crippen LogP contribution in [0.5, 0.6) is 0 Å². The Labute approximate surface area is 187 Å². The van der Waals surface area contributed by atoms with Crippen molar-refractivity contribution in [3.8, 4) is 0 Å². The fraction of sp³-hybridized carbons (Fsp3) is 0.615. The van der Waals surface area contributed by atoms with Crippen LogP contribution in [-0.2, 0) is 14.3 Å². The number of hydrogen-bond donors (Lipinski definition) is 0. The summed E-state index contributed by atoms with van der Waals surface area (Å²) in [4.78, 5) is 30.3. The third-order valence-corrected chi connectivity index (χ3v) is 6.36. The van der Waals surface area contributed by atoms with E-state index in [0.717, 1.165) is 29.5 Å². The van der Waals surface area contributed by atoms with Gasteiger partial charge in [-0.25, -0.2) is 0 Å². The summed E-state index contributed by atoms with van der Waals surface area (Å²) in [5, 5.41) is 0. The van der Waals surface area contributed by atoms with E-state index in [9.17, 15) is 9.59 Å². The number of nitrogens with zero attached hydrogens (tertiary/aromatic N) is 2. The van der Waals surface area contributed by atoms with Crippen LogP contribution in [0.4, 0.5) is 0 Å². The summed E-state index contributed by atoms with van der Waals surface area (Å²) in [6, 6.07) is 6.09. The van der Waals surface area contributed by atoms with Crippen molar-refractivity contribution >= 4 is 17.4 Å². The van der Waals surface area contributed by atoms with Crippen LogP contribution >= 0.6 is 0 Å². The molecule has 2 aliphatic heterocycles. The van der Waals surface area contributed by atoms with Crippen LogP contribution in [0.1, 0.15) is 75.0 Å². The van der Waals surface area contributed by atoms with E-state index in [2.05, 4.69) is 13.0 Å². The van der Waals surface area contributed by atoms with Gasteiger partial charge < -0.3 is 9.64 Å². The van der Waals surface area contributed by atoms with Crippen LogP contribution in [0.3, 0.4) is 0 Å². The summed E-state index contributed by atoms with van der Waals surface area (Å²) in [5.41, 5.74) is 4.21. The number of imide groups is 1. The molecule has 31 heavy (non-hydrogen) atoms. The Bertz CT molecular complexity index is 809. The lowest BCUT2D eigenvalue weighted by atomic mass is 9.97. The van der Waals surface area contributed by atoms with Gasteiger partial charge in [0.05, 0.1) is 18.8 Å². The Kier molecular flexibility index (Phi) is 8.70. The average Bonchev–Trinajstić information content (AvgIpc) is 3.00. The molecule has 0 aromatic heterocycles. The highest BCUT2D eigenvalue weighted by Gasteiger charge is 2.41. The molecule has 5 nitrogen and oxygen atoms in total. The number of unbranched alkanes of at least 4 members (excludes halogenated alkanes) is 7. The van der Waals surface area contributed by atoms with Crippen molar-refractivity contribution in [2.75, 3.05) is 32.8 Å². The van der Waals surface area contributed by atoms with Crippen LogP contribution in [0.25, 0.3) is 5.57 Å². The standard InChI is InChI=1S/C26H38N2O3/c1-4-5-6-7-8-9-10-11-14-28-25(29)23(22-13-12-20(2)19-21(22)3)24(26(28)30)27-15-17-31-18-16-27/h12-13,19H,4-11,14-18H2,1-3H3. The van der Waals surface area contributed by atoms with Crippen LogP contribution in [0, 0.1) is 13.8 Å². The van der Waals surface area contributed by atoms with E-state index in [1.807, 2.05) is 30.9 Å². The number of carbonyl (C=O) groups is 2. The number of morpholine rings is 1. The molecule has 3 rings (SSSR count). The molecular weight excluding hydrogens is 388 g/mol. The largest absolute Gasteiger partial charge is 0.378 e. The van der Waals surface area contributed by atoms with Crippen molar-refractivity contribution < 1.29 is 14.3 Å². The summed E-state index contributed by atoms with van der Waals surface area (Å²) in [7, 11) is 0. The second kappa shape index (κ2) is 11.5. The zero-order valence-corrected chi connectivity index (χ0v) is 19.5. The lowest BCUT2D eigenvalue weighted by molar-refractivity contribution is -0.137. The van der Waals surface area contributed by atoms with Gasteiger partial charge in [-0.15, -0.1) is 0 Å². The van der Waals surface area contributed by atoms with Crippen LogP contribution in [-0.4, -0.2) is 54.5 Å². The van der Waals surface area contributed by atoms with E-state index in [4.69, 9.17) is 4.74 Å². The quantitative estimate of drug-likeness (QED) is 0.375. The number of carbonyl (C=O) groups excluding carboxylic acids is 2. The molecule has 1 aromatic carbocycles. The van der Waals surface area contributed by atoms with Gasteiger partial charge in [0.1, 0.15) is 5.70 Å². The van der Waals surface area contributed by atoms with Gasteiger partial charge in [0.25, 0.3) is 11.8 Å². The summed E-state index contributed by atoms with van der Waals surface area (Å²) in [6.45, 7) is 9.27. The lowest BCUT2D eigenvalue weighted by Crippen LogP contribution is -2.40. The van der Waals surface area contributed by atoms with Gasteiger partial charge in [0, 0.05) is 19.6 Å². The maximum Gasteiger partial charge on any atom is 0.277 e. The van der Waals surface area contributed by atoms with Gasteiger partial charge in [-0.2, -0.15) is 0 Å². The van der Waals surface area contributed by atoms with Gasteiger partial charge in [0.2, 0.25) is 0 Å². The molecule has 0 radical (unpaired) electrons. The first kappa shape index (κ1) is 23.5. The van der Waals surface area contributed by atoms with E-state index in [-0.39, 0.29) is 11.8 Å². The number of aryl methyl sites for hydroxylation is 2. The molecule has 2 amide bonds. The fourth-order valence-corrected chi connectivity index (χ4v) is 4.59. The number of ether oxygens (including phenoxy) is 1. The number of benzene rings is 1. The lowest BCUT2D eigenvalue weighted by Gasteiger charge is -2.29. The van der Waals surface area contributed by atoms with Gasteiger partial charge >= 0.3 is 0 Å². The summed E-state index contributed by atoms with van der Waals surface area (Å²) < 4.78 is 5.48. The molecule has 0 bridgehead atoms. The highest BCUT2D eigenvalue weighted by atomic mass is 16.5. The highest BCUT2D eigenvalue weighted by molar-refractivity contribution is 6.35. The van der Waals surface area contributed by atoms with E-state index in [1.54, 1.807) is 0 Å². The Morgan fingerprint density at radius 2 is 1.52 bits per heavy atom. The molecule has 1 aromatic rings. The van der Waals surface area contributed by atoms with Crippen molar-refractivity contribution in [3.05, 3.63) is 40.6 Å². The molecule has 5 heteroatoms. The van der Waals surface area contributed by atoms with Crippen molar-refractivity contribution in [3.63, 3.8) is 0 Å². The van der Waals surface area contributed by atoms with Gasteiger partial charge in [-0.05, 0) is 31.4 Å². The molecule has 1 fully saturated rings. The van der Waals surface area contributed by atoms with Crippen LogP contribution in [0.15, 0.2) is 23.9 Å². The maximum absolute atomic E-state index is 13.4. The first-order valence-corrected chi connectivity index (χ1v) is 12.1. The van der Waals surface area contributed by atoms with Crippen molar-refractivity contribution in [2.45, 2.75) is 72.1 Å². The first-order chi connectivity index (χ1) is 15.0. The molecular formula is C26H38N2O3. The van der Waals surface area contributed by atoms with E-state index in [1.165, 1.54) is 43.4 Å². The average molecular weight is 427 g/mol. The Hall–Kier alpha value is -2.14. The number of hydrogen-bond acceptors (Lipinski definition) is 4. The summed E-state index contributed by atoms with van der Waals surface area (Å²) >= 11 is 0. The molecule has 170 valence electrons. The summed E-state index contributed by atoms with van der Waals surface area (Å²) in [5.74, 6) is -0.272. The Morgan fingerprint density at radius 3 is 2.16 bits per heavy atom.